The number of rotatable bonds is 6. The average Bonchev–Trinajstić information content (AvgIpc) is 2.79. The zero-order chi connectivity index (χ0) is 23.6. The number of amides is 1. The Morgan fingerprint density at radius 1 is 1.06 bits per heavy atom. The quantitative estimate of drug-likeness (QED) is 0.593. The minimum Gasteiger partial charge on any atom is -0.476 e. The minimum absolute atomic E-state index is 0.143. The molecule has 3 aromatic rings. The molecule has 4 rings (SSSR count). The first-order valence-electron chi connectivity index (χ1n) is 10.5. The number of aryl methyl sites for hydroxylation is 2. The lowest BCUT2D eigenvalue weighted by Gasteiger charge is -2.35. The van der Waals surface area contributed by atoms with Crippen LogP contribution < -0.4 is 14.4 Å². The van der Waals surface area contributed by atoms with E-state index in [-0.39, 0.29) is 11.4 Å². The van der Waals surface area contributed by atoms with Crippen LogP contribution in [0.4, 0.5) is 11.4 Å². The smallest absolute Gasteiger partial charge is 0.267 e. The number of anilines is 2. The third kappa shape index (κ3) is 4.86. The molecule has 0 unspecified atom stereocenters. The highest BCUT2D eigenvalue weighted by molar-refractivity contribution is 7.92. The lowest BCUT2D eigenvalue weighted by atomic mass is 10.1. The van der Waals surface area contributed by atoms with Crippen LogP contribution in [0.5, 0.6) is 5.75 Å². The van der Waals surface area contributed by atoms with Gasteiger partial charge in [-0.2, -0.15) is 0 Å². The van der Waals surface area contributed by atoms with Crippen LogP contribution in [0.25, 0.3) is 0 Å². The largest absolute Gasteiger partial charge is 0.476 e. The zero-order valence-electron chi connectivity index (χ0n) is 18.7. The van der Waals surface area contributed by atoms with E-state index in [2.05, 4.69) is 5.32 Å². The van der Waals surface area contributed by atoms with Gasteiger partial charge < -0.3 is 14.8 Å². The van der Waals surface area contributed by atoms with Gasteiger partial charge in [-0.05, 0) is 61.4 Å². The van der Waals surface area contributed by atoms with E-state index in [0.717, 1.165) is 16.7 Å². The van der Waals surface area contributed by atoms with Crippen molar-refractivity contribution in [3.05, 3.63) is 83.4 Å². The van der Waals surface area contributed by atoms with Crippen LogP contribution in [-0.4, -0.2) is 34.1 Å². The Labute approximate surface area is 194 Å². The van der Waals surface area contributed by atoms with E-state index in [9.17, 15) is 13.2 Å². The van der Waals surface area contributed by atoms with Gasteiger partial charge in [-0.1, -0.05) is 35.9 Å². The van der Waals surface area contributed by atoms with E-state index in [4.69, 9.17) is 9.47 Å². The van der Waals surface area contributed by atoms with Gasteiger partial charge in [0.1, 0.15) is 5.75 Å². The molecular weight excluding hydrogens is 440 g/mol. The summed E-state index contributed by atoms with van der Waals surface area (Å²) in [6.07, 6.45) is -1.02. The molecule has 1 aliphatic heterocycles. The Balaban J connectivity index is 1.65. The molecule has 0 saturated heterocycles. The van der Waals surface area contributed by atoms with Crippen molar-refractivity contribution in [1.29, 1.82) is 0 Å². The van der Waals surface area contributed by atoms with Crippen LogP contribution in [0.1, 0.15) is 16.7 Å². The summed E-state index contributed by atoms with van der Waals surface area (Å²) in [6, 6.07) is 19.2. The summed E-state index contributed by atoms with van der Waals surface area (Å²) in [4.78, 5) is 13.2. The summed E-state index contributed by atoms with van der Waals surface area (Å²) in [5.41, 5.74) is 3.76. The molecule has 0 fully saturated rings. The second kappa shape index (κ2) is 9.25. The molecule has 8 heteroatoms. The number of hydrogen-bond acceptors (Lipinski definition) is 5. The van der Waals surface area contributed by atoms with E-state index in [0.29, 0.717) is 23.7 Å². The number of nitrogens with zero attached hydrogens (tertiary/aromatic N) is 1. The summed E-state index contributed by atoms with van der Waals surface area (Å²) in [7, 11) is -2.30. The highest BCUT2D eigenvalue weighted by atomic mass is 32.2. The number of hydrogen-bond donors (Lipinski definition) is 1. The van der Waals surface area contributed by atoms with Crippen LogP contribution in [0.3, 0.4) is 0 Å². The first kappa shape index (κ1) is 22.8. The van der Waals surface area contributed by atoms with Crippen molar-refractivity contribution in [2.75, 3.05) is 23.3 Å². The number of benzene rings is 3. The minimum atomic E-state index is -3.91. The van der Waals surface area contributed by atoms with E-state index in [1.807, 2.05) is 38.1 Å². The molecule has 0 spiro atoms. The molecule has 3 aromatic carbocycles. The van der Waals surface area contributed by atoms with Gasteiger partial charge in [-0.25, -0.2) is 8.42 Å². The molecule has 0 radical (unpaired) electrons. The number of carbonyl (C=O) groups is 1. The van der Waals surface area contributed by atoms with Gasteiger partial charge in [0.2, 0.25) is 0 Å². The molecule has 33 heavy (non-hydrogen) atoms. The molecule has 1 aliphatic rings. The average molecular weight is 467 g/mol. The van der Waals surface area contributed by atoms with Crippen molar-refractivity contribution < 1.29 is 22.7 Å². The fourth-order valence-corrected chi connectivity index (χ4v) is 5.16. The molecule has 0 aromatic heterocycles. The molecule has 172 valence electrons. The van der Waals surface area contributed by atoms with Gasteiger partial charge >= 0.3 is 0 Å². The lowest BCUT2D eigenvalue weighted by molar-refractivity contribution is -0.122. The van der Waals surface area contributed by atoms with Crippen molar-refractivity contribution >= 4 is 27.3 Å². The van der Waals surface area contributed by atoms with Crippen LogP contribution in [0, 0.1) is 13.8 Å². The van der Waals surface area contributed by atoms with Crippen molar-refractivity contribution in [3.8, 4) is 5.75 Å². The number of nitrogens with one attached hydrogen (secondary N) is 1. The summed E-state index contributed by atoms with van der Waals surface area (Å²) in [5, 5.41) is 2.83. The molecule has 1 heterocycles. The van der Waals surface area contributed by atoms with Gasteiger partial charge in [-0.3, -0.25) is 9.10 Å². The number of fused-ring (bicyclic) bond motifs is 1. The Hall–Kier alpha value is -3.36. The Morgan fingerprint density at radius 3 is 2.52 bits per heavy atom. The number of carbonyl (C=O) groups excluding carboxylic acids is 1. The number of methoxy groups -OCH3 is 1. The van der Waals surface area contributed by atoms with Crippen molar-refractivity contribution in [2.45, 2.75) is 31.5 Å². The van der Waals surface area contributed by atoms with Crippen LogP contribution in [0.2, 0.25) is 0 Å². The van der Waals surface area contributed by atoms with Gasteiger partial charge in [0.15, 0.2) is 6.10 Å². The molecule has 0 bridgehead atoms. The first-order chi connectivity index (χ1) is 15.8. The van der Waals surface area contributed by atoms with Crippen molar-refractivity contribution in [2.24, 2.45) is 0 Å². The van der Waals surface area contributed by atoms with Gasteiger partial charge in [0.25, 0.3) is 15.9 Å². The van der Waals surface area contributed by atoms with E-state index in [1.165, 1.54) is 4.31 Å². The summed E-state index contributed by atoms with van der Waals surface area (Å²) in [5.74, 6) is -0.0873. The summed E-state index contributed by atoms with van der Waals surface area (Å²) < 4.78 is 39.4. The molecular formula is C25H26N2O5S. The van der Waals surface area contributed by atoms with Gasteiger partial charge in [0, 0.05) is 12.8 Å². The zero-order valence-corrected chi connectivity index (χ0v) is 19.6. The maximum absolute atomic E-state index is 13.5. The fourth-order valence-electron chi connectivity index (χ4n) is 3.69. The maximum Gasteiger partial charge on any atom is 0.267 e. The first-order valence-corrected chi connectivity index (χ1v) is 12.0. The van der Waals surface area contributed by atoms with Gasteiger partial charge in [0.05, 0.1) is 23.7 Å². The highest BCUT2D eigenvalue weighted by Crippen LogP contribution is 2.38. The second-order valence-corrected chi connectivity index (χ2v) is 9.91. The fraction of sp³-hybridized carbons (Fsp3) is 0.240. The van der Waals surface area contributed by atoms with E-state index < -0.39 is 22.0 Å². The predicted octanol–water partition coefficient (Wildman–Crippen LogP) is 4.04. The predicted molar refractivity (Wildman–Crippen MR) is 127 cm³/mol. The monoisotopic (exact) mass is 466 g/mol. The standard InChI is InChI=1S/C25H26N2O5S/c1-17-7-10-21(11-8-17)33(29,30)27-15-24(32-23-12-9-18(2)13-22(23)27)25(28)26-20-6-4-5-19(14-20)16-31-3/h4-14,24H,15-16H2,1-3H3,(H,26,28)/t24-/m0/s1. The molecule has 1 atom stereocenters. The third-order valence-electron chi connectivity index (χ3n) is 5.39. The second-order valence-electron chi connectivity index (χ2n) is 8.05. The van der Waals surface area contributed by atoms with Crippen molar-refractivity contribution in [3.63, 3.8) is 0 Å². The molecule has 1 amide bonds. The molecule has 0 aliphatic carbocycles. The molecule has 0 saturated carbocycles. The number of ether oxygens (including phenoxy) is 2. The molecule has 1 N–H and O–H groups in total. The Morgan fingerprint density at radius 2 is 1.79 bits per heavy atom. The Bertz CT molecular complexity index is 1270. The van der Waals surface area contributed by atoms with Crippen LogP contribution in [-0.2, 0) is 26.2 Å². The maximum atomic E-state index is 13.5. The summed E-state index contributed by atoms with van der Waals surface area (Å²) in [6.45, 7) is 4.05. The highest BCUT2D eigenvalue weighted by Gasteiger charge is 2.37. The van der Waals surface area contributed by atoms with E-state index in [1.54, 1.807) is 49.6 Å². The SMILES string of the molecule is COCc1cccc(NC(=O)[C@@H]2CN(S(=O)(=O)c3ccc(C)cc3)c3cc(C)ccc3O2)c1. The van der Waals surface area contributed by atoms with Crippen molar-refractivity contribution in [1.82, 2.24) is 0 Å². The van der Waals surface area contributed by atoms with E-state index >= 15 is 0 Å². The van der Waals surface area contributed by atoms with Crippen LogP contribution >= 0.6 is 0 Å². The van der Waals surface area contributed by atoms with Gasteiger partial charge in [-0.15, -0.1) is 0 Å². The Kier molecular flexibility index (Phi) is 6.40. The lowest BCUT2D eigenvalue weighted by Crippen LogP contribution is -2.48. The summed E-state index contributed by atoms with van der Waals surface area (Å²) >= 11 is 0. The topological polar surface area (TPSA) is 84.9 Å². The normalized spacial score (nSPS) is 15.5. The molecule has 7 nitrogen and oxygen atoms in total. The van der Waals surface area contributed by atoms with Crippen LogP contribution in [0.15, 0.2) is 71.6 Å². The third-order valence-corrected chi connectivity index (χ3v) is 7.18. The number of sulfonamides is 1.